The van der Waals surface area contributed by atoms with Gasteiger partial charge in [0.05, 0.1) is 22.9 Å². The Labute approximate surface area is 122 Å². The summed E-state index contributed by atoms with van der Waals surface area (Å²) in [6.07, 6.45) is 0. The minimum absolute atomic E-state index is 0.337. The first kappa shape index (κ1) is 14.5. The molecule has 6 heteroatoms. The van der Waals surface area contributed by atoms with Crippen LogP contribution >= 0.6 is 11.8 Å². The lowest BCUT2D eigenvalue weighted by molar-refractivity contribution is 0.0526. The van der Waals surface area contributed by atoms with E-state index in [4.69, 9.17) is 10.5 Å². The summed E-state index contributed by atoms with van der Waals surface area (Å²) in [5.74, 6) is -0.337. The van der Waals surface area contributed by atoms with Crippen molar-refractivity contribution >= 4 is 23.4 Å². The van der Waals surface area contributed by atoms with Gasteiger partial charge in [0.15, 0.2) is 0 Å². The third-order valence-electron chi connectivity index (χ3n) is 2.70. The largest absolute Gasteiger partial charge is 0.462 e. The van der Waals surface area contributed by atoms with Crippen LogP contribution in [0.3, 0.4) is 0 Å². The second-order valence-corrected chi connectivity index (χ2v) is 5.38. The quantitative estimate of drug-likeness (QED) is 0.692. The zero-order valence-electron chi connectivity index (χ0n) is 11.7. The fourth-order valence-electron chi connectivity index (χ4n) is 1.76. The van der Waals surface area contributed by atoms with Gasteiger partial charge >= 0.3 is 5.97 Å². The number of hydrogen-bond acceptors (Lipinski definition) is 5. The van der Waals surface area contributed by atoms with Crippen LogP contribution in [0.25, 0.3) is 0 Å². The van der Waals surface area contributed by atoms with Crippen LogP contribution in [0.2, 0.25) is 0 Å². The molecule has 0 aliphatic carbocycles. The van der Waals surface area contributed by atoms with Gasteiger partial charge in [-0.25, -0.2) is 4.79 Å². The molecule has 0 aliphatic heterocycles. The topological polar surface area (TPSA) is 70.1 Å². The van der Waals surface area contributed by atoms with Crippen molar-refractivity contribution in [2.75, 3.05) is 12.3 Å². The summed E-state index contributed by atoms with van der Waals surface area (Å²) in [6, 6.07) is 7.12. The molecule has 0 amide bonds. The molecule has 0 unspecified atom stereocenters. The molecule has 1 aromatic heterocycles. The van der Waals surface area contributed by atoms with Gasteiger partial charge in [0.1, 0.15) is 0 Å². The number of nitrogen functional groups attached to an aromatic ring is 1. The minimum atomic E-state index is -0.337. The molecule has 0 spiro atoms. The average Bonchev–Trinajstić information content (AvgIpc) is 2.70. The molecule has 0 radical (unpaired) electrons. The summed E-state index contributed by atoms with van der Waals surface area (Å²) < 4.78 is 6.78. The van der Waals surface area contributed by atoms with Crippen LogP contribution in [0.5, 0.6) is 0 Å². The van der Waals surface area contributed by atoms with E-state index in [-0.39, 0.29) is 5.97 Å². The Morgan fingerprint density at radius 1 is 1.45 bits per heavy atom. The Bertz CT molecular complexity index is 637. The number of nitrogens with zero attached hydrogens (tertiary/aromatic N) is 2. The summed E-state index contributed by atoms with van der Waals surface area (Å²) >= 11 is 1.48. The van der Waals surface area contributed by atoms with Crippen LogP contribution in [-0.4, -0.2) is 22.4 Å². The predicted octanol–water partition coefficient (Wildman–Crippen LogP) is 2.64. The van der Waals surface area contributed by atoms with E-state index < -0.39 is 0 Å². The molecule has 106 valence electrons. The number of hydrogen-bond donors (Lipinski definition) is 1. The Balaban J connectivity index is 2.29. The molecule has 1 aromatic carbocycles. The van der Waals surface area contributed by atoms with Gasteiger partial charge in [-0.3, -0.25) is 4.68 Å². The van der Waals surface area contributed by atoms with Crippen LogP contribution in [0, 0.1) is 6.92 Å². The van der Waals surface area contributed by atoms with Gasteiger partial charge in [-0.05, 0) is 38.1 Å². The lowest BCUT2D eigenvalue weighted by atomic mass is 10.2. The van der Waals surface area contributed by atoms with Gasteiger partial charge < -0.3 is 10.5 Å². The fourth-order valence-corrected chi connectivity index (χ4v) is 2.76. The number of carbonyl (C=O) groups excluding carboxylic acids is 1. The molecule has 0 aliphatic rings. The third-order valence-corrected chi connectivity index (χ3v) is 3.86. The van der Waals surface area contributed by atoms with Crippen LogP contribution in [0.1, 0.15) is 23.0 Å². The molecule has 0 fully saturated rings. The fraction of sp³-hybridized carbons (Fsp3) is 0.286. The van der Waals surface area contributed by atoms with E-state index in [2.05, 4.69) is 5.10 Å². The van der Waals surface area contributed by atoms with Crippen LogP contribution in [0.4, 0.5) is 5.69 Å². The van der Waals surface area contributed by atoms with E-state index in [9.17, 15) is 4.79 Å². The zero-order chi connectivity index (χ0) is 14.7. The van der Waals surface area contributed by atoms with E-state index in [1.54, 1.807) is 29.8 Å². The molecular formula is C14H17N3O2S. The van der Waals surface area contributed by atoms with Crippen molar-refractivity contribution in [3.05, 3.63) is 35.5 Å². The second-order valence-electron chi connectivity index (χ2n) is 4.32. The van der Waals surface area contributed by atoms with Crippen molar-refractivity contribution < 1.29 is 9.53 Å². The number of esters is 1. The van der Waals surface area contributed by atoms with Gasteiger partial charge in [-0.2, -0.15) is 5.10 Å². The molecule has 0 saturated carbocycles. The molecule has 2 N–H and O–H groups in total. The minimum Gasteiger partial charge on any atom is -0.462 e. The molecule has 1 heterocycles. The number of rotatable bonds is 4. The maximum absolute atomic E-state index is 11.7. The number of benzene rings is 1. The number of carbonyl (C=O) groups is 1. The Morgan fingerprint density at radius 3 is 2.80 bits per heavy atom. The van der Waals surface area contributed by atoms with Crippen molar-refractivity contribution in [2.24, 2.45) is 7.05 Å². The van der Waals surface area contributed by atoms with Gasteiger partial charge in [0.2, 0.25) is 0 Å². The summed E-state index contributed by atoms with van der Waals surface area (Å²) in [6.45, 7) is 4.07. The highest BCUT2D eigenvalue weighted by Gasteiger charge is 2.12. The molecule has 20 heavy (non-hydrogen) atoms. The number of aryl methyl sites for hydroxylation is 2. The summed E-state index contributed by atoms with van der Waals surface area (Å²) in [7, 11) is 1.88. The SMILES string of the molecule is CCOC(=O)c1ccc(N)c(Sc2cc(C)nn2C)c1. The van der Waals surface area contributed by atoms with Crippen molar-refractivity contribution in [2.45, 2.75) is 23.8 Å². The monoisotopic (exact) mass is 291 g/mol. The molecule has 2 aromatic rings. The average molecular weight is 291 g/mol. The van der Waals surface area contributed by atoms with E-state index in [1.165, 1.54) is 11.8 Å². The standard InChI is InChI=1S/C14H17N3O2S/c1-4-19-14(18)10-5-6-11(15)12(8-10)20-13-7-9(2)16-17(13)3/h5-8H,4,15H2,1-3H3. The summed E-state index contributed by atoms with van der Waals surface area (Å²) in [4.78, 5) is 12.6. The van der Waals surface area contributed by atoms with E-state index in [1.807, 2.05) is 20.0 Å². The van der Waals surface area contributed by atoms with E-state index in [0.717, 1.165) is 15.6 Å². The highest BCUT2D eigenvalue weighted by atomic mass is 32.2. The first-order chi connectivity index (χ1) is 9.51. The molecular weight excluding hydrogens is 274 g/mol. The lowest BCUT2D eigenvalue weighted by Crippen LogP contribution is -2.05. The third kappa shape index (κ3) is 3.14. The summed E-state index contributed by atoms with van der Waals surface area (Å²) in [5, 5.41) is 5.26. The molecule has 0 atom stereocenters. The number of aromatic nitrogens is 2. The van der Waals surface area contributed by atoms with Crippen molar-refractivity contribution in [1.82, 2.24) is 9.78 Å². The van der Waals surface area contributed by atoms with E-state index in [0.29, 0.717) is 17.9 Å². The maximum atomic E-state index is 11.7. The van der Waals surface area contributed by atoms with Crippen LogP contribution < -0.4 is 5.73 Å². The van der Waals surface area contributed by atoms with Crippen molar-refractivity contribution in [3.8, 4) is 0 Å². The molecule has 2 rings (SSSR count). The summed E-state index contributed by atoms with van der Waals surface area (Å²) in [5.41, 5.74) is 8.03. The molecule has 5 nitrogen and oxygen atoms in total. The Kier molecular flexibility index (Phi) is 4.34. The highest BCUT2D eigenvalue weighted by Crippen LogP contribution is 2.33. The Hall–Kier alpha value is -1.95. The van der Waals surface area contributed by atoms with Crippen LogP contribution in [0.15, 0.2) is 34.2 Å². The zero-order valence-corrected chi connectivity index (χ0v) is 12.5. The normalized spacial score (nSPS) is 10.6. The van der Waals surface area contributed by atoms with Crippen molar-refractivity contribution in [3.63, 3.8) is 0 Å². The first-order valence-corrected chi connectivity index (χ1v) is 7.08. The smallest absolute Gasteiger partial charge is 0.338 e. The number of ether oxygens (including phenoxy) is 1. The van der Waals surface area contributed by atoms with Gasteiger partial charge in [0.25, 0.3) is 0 Å². The molecule has 0 bridgehead atoms. The van der Waals surface area contributed by atoms with Gasteiger partial charge in [0, 0.05) is 17.6 Å². The van der Waals surface area contributed by atoms with Crippen LogP contribution in [-0.2, 0) is 11.8 Å². The predicted molar refractivity (Wildman–Crippen MR) is 78.9 cm³/mol. The maximum Gasteiger partial charge on any atom is 0.338 e. The van der Waals surface area contributed by atoms with Gasteiger partial charge in [-0.15, -0.1) is 0 Å². The van der Waals surface area contributed by atoms with Gasteiger partial charge in [-0.1, -0.05) is 11.8 Å². The van der Waals surface area contributed by atoms with E-state index >= 15 is 0 Å². The first-order valence-electron chi connectivity index (χ1n) is 6.26. The second kappa shape index (κ2) is 6.00. The Morgan fingerprint density at radius 2 is 2.20 bits per heavy atom. The number of anilines is 1. The van der Waals surface area contributed by atoms with Crippen molar-refractivity contribution in [1.29, 1.82) is 0 Å². The number of nitrogens with two attached hydrogens (primary N) is 1. The molecule has 0 saturated heterocycles. The highest BCUT2D eigenvalue weighted by molar-refractivity contribution is 7.99. The lowest BCUT2D eigenvalue weighted by Gasteiger charge is -2.08.